The van der Waals surface area contributed by atoms with Crippen LogP contribution in [0.3, 0.4) is 0 Å². The van der Waals surface area contributed by atoms with Gasteiger partial charge in [0.25, 0.3) is 0 Å². The summed E-state index contributed by atoms with van der Waals surface area (Å²) in [6, 6.07) is 7.83. The van der Waals surface area contributed by atoms with Crippen LogP contribution < -0.4 is 0 Å². The third-order valence-electron chi connectivity index (χ3n) is 4.34. The van der Waals surface area contributed by atoms with Gasteiger partial charge in [0.15, 0.2) is 5.78 Å². The van der Waals surface area contributed by atoms with E-state index in [1.807, 2.05) is 45.0 Å². The highest BCUT2D eigenvalue weighted by molar-refractivity contribution is 6.02. The Morgan fingerprint density at radius 3 is 2.05 bits per heavy atom. The van der Waals surface area contributed by atoms with E-state index in [0.29, 0.717) is 0 Å². The summed E-state index contributed by atoms with van der Waals surface area (Å²) in [5.74, 6) is 0.215. The van der Waals surface area contributed by atoms with E-state index in [0.717, 1.165) is 29.8 Å². The molecule has 2 nitrogen and oxygen atoms in total. The van der Waals surface area contributed by atoms with E-state index >= 15 is 0 Å². The van der Waals surface area contributed by atoms with Gasteiger partial charge in [-0.05, 0) is 52.3 Å². The fourth-order valence-corrected chi connectivity index (χ4v) is 2.86. The Balaban J connectivity index is 2.18. The number of carbonyl (C=O) groups is 1. The molecule has 2 rings (SSSR count). The van der Waals surface area contributed by atoms with Crippen LogP contribution in [-0.4, -0.2) is 29.3 Å². The lowest BCUT2D eigenvalue weighted by atomic mass is 9.89. The third kappa shape index (κ3) is 3.01. The normalized spacial score (nSPS) is 16.9. The van der Waals surface area contributed by atoms with Crippen molar-refractivity contribution in [3.05, 3.63) is 42.0 Å². The van der Waals surface area contributed by atoms with Crippen LogP contribution in [0.25, 0.3) is 5.57 Å². The molecule has 0 saturated carbocycles. The average molecular weight is 271 g/mol. The predicted molar refractivity (Wildman–Crippen MR) is 85.0 cm³/mol. The zero-order chi connectivity index (χ0) is 14.8. The summed E-state index contributed by atoms with van der Waals surface area (Å²) < 4.78 is 0. The first-order valence-corrected chi connectivity index (χ1v) is 7.49. The number of carbonyl (C=O) groups excluding carboxylic acids is 1. The smallest absolute Gasteiger partial charge is 0.182 e. The number of ketones is 1. The number of allylic oxidation sites excluding steroid dienone is 1. The van der Waals surface area contributed by atoms with Crippen molar-refractivity contribution in [2.75, 3.05) is 13.1 Å². The Kier molecular flexibility index (Phi) is 4.44. The van der Waals surface area contributed by atoms with Crippen LogP contribution in [0.2, 0.25) is 0 Å². The summed E-state index contributed by atoms with van der Waals surface area (Å²) in [4.78, 5) is 15.1. The number of hydrogen-bond donors (Lipinski definition) is 0. The molecule has 1 aromatic carbocycles. The van der Waals surface area contributed by atoms with Crippen molar-refractivity contribution in [2.45, 2.75) is 45.6 Å². The molecular formula is C18H25NO. The van der Waals surface area contributed by atoms with Gasteiger partial charge >= 0.3 is 0 Å². The van der Waals surface area contributed by atoms with Crippen LogP contribution in [0, 0.1) is 0 Å². The number of rotatable bonds is 4. The molecule has 1 aliphatic rings. The highest BCUT2D eigenvalue weighted by Gasteiger charge is 2.35. The van der Waals surface area contributed by atoms with Crippen molar-refractivity contribution in [2.24, 2.45) is 0 Å². The predicted octanol–water partition coefficient (Wildman–Crippen LogP) is 4.17. The van der Waals surface area contributed by atoms with Crippen molar-refractivity contribution in [1.29, 1.82) is 0 Å². The van der Waals surface area contributed by atoms with Crippen LogP contribution in [0.4, 0.5) is 0 Å². The molecule has 0 aliphatic carbocycles. The van der Waals surface area contributed by atoms with Crippen LogP contribution >= 0.6 is 0 Å². The molecule has 0 amide bonds. The minimum Gasteiger partial charge on any atom is -0.292 e. The van der Waals surface area contributed by atoms with E-state index in [2.05, 4.69) is 11.5 Å². The molecule has 108 valence electrons. The number of piperidine rings is 1. The second-order valence-corrected chi connectivity index (χ2v) is 6.29. The standard InChI is InChI=1S/C18H25NO/c1-14(2)15-8-10-16(11-9-15)17(20)18(3,4)19-12-6-5-7-13-19/h8-11H,1,5-7,12-13H2,2-4H3. The zero-order valence-corrected chi connectivity index (χ0v) is 12.9. The van der Waals surface area contributed by atoms with Gasteiger partial charge in [-0.2, -0.15) is 0 Å². The maximum Gasteiger partial charge on any atom is 0.182 e. The topological polar surface area (TPSA) is 20.3 Å². The van der Waals surface area contributed by atoms with Crippen LogP contribution in [-0.2, 0) is 0 Å². The molecule has 1 heterocycles. The van der Waals surface area contributed by atoms with Gasteiger partial charge in [0.05, 0.1) is 5.54 Å². The Morgan fingerprint density at radius 2 is 1.55 bits per heavy atom. The molecule has 1 aromatic rings. The first-order chi connectivity index (χ1) is 9.43. The summed E-state index contributed by atoms with van der Waals surface area (Å²) in [6.45, 7) is 12.1. The molecule has 1 saturated heterocycles. The molecule has 0 bridgehead atoms. The molecule has 0 unspecified atom stereocenters. The van der Waals surface area contributed by atoms with Crippen molar-refractivity contribution in [3.8, 4) is 0 Å². The molecule has 0 N–H and O–H groups in total. The summed E-state index contributed by atoms with van der Waals surface area (Å²) in [5, 5.41) is 0. The summed E-state index contributed by atoms with van der Waals surface area (Å²) in [5.41, 5.74) is 2.51. The minimum absolute atomic E-state index is 0.215. The number of Topliss-reactive ketones (excluding diaryl/α,β-unsaturated/α-hetero) is 1. The second kappa shape index (κ2) is 5.92. The first kappa shape index (κ1) is 15.0. The largest absolute Gasteiger partial charge is 0.292 e. The van der Waals surface area contributed by atoms with E-state index in [-0.39, 0.29) is 5.78 Å². The van der Waals surface area contributed by atoms with Crippen molar-refractivity contribution < 1.29 is 4.79 Å². The van der Waals surface area contributed by atoms with E-state index in [1.165, 1.54) is 19.3 Å². The van der Waals surface area contributed by atoms with Gasteiger partial charge in [0.2, 0.25) is 0 Å². The third-order valence-corrected chi connectivity index (χ3v) is 4.34. The minimum atomic E-state index is -0.412. The highest BCUT2D eigenvalue weighted by Crippen LogP contribution is 2.25. The van der Waals surface area contributed by atoms with Gasteiger partial charge in [-0.25, -0.2) is 0 Å². The average Bonchev–Trinajstić information content (AvgIpc) is 2.47. The van der Waals surface area contributed by atoms with Crippen LogP contribution in [0.5, 0.6) is 0 Å². The maximum atomic E-state index is 12.8. The van der Waals surface area contributed by atoms with E-state index in [9.17, 15) is 4.79 Å². The number of likely N-dealkylation sites (tertiary alicyclic amines) is 1. The molecule has 20 heavy (non-hydrogen) atoms. The zero-order valence-electron chi connectivity index (χ0n) is 12.9. The van der Waals surface area contributed by atoms with Crippen LogP contribution in [0.15, 0.2) is 30.8 Å². The SMILES string of the molecule is C=C(C)c1ccc(C(=O)C(C)(C)N2CCCCC2)cc1. The van der Waals surface area contributed by atoms with Gasteiger partial charge in [0.1, 0.15) is 0 Å². The highest BCUT2D eigenvalue weighted by atomic mass is 16.1. The van der Waals surface area contributed by atoms with Gasteiger partial charge in [0, 0.05) is 5.56 Å². The molecule has 0 atom stereocenters. The quantitative estimate of drug-likeness (QED) is 0.766. The first-order valence-electron chi connectivity index (χ1n) is 7.49. The fraction of sp³-hybridized carbons (Fsp3) is 0.500. The molecule has 0 radical (unpaired) electrons. The lowest BCUT2D eigenvalue weighted by molar-refractivity contribution is 0.0579. The Labute approximate surface area is 122 Å². The molecular weight excluding hydrogens is 246 g/mol. The second-order valence-electron chi connectivity index (χ2n) is 6.29. The molecule has 1 aliphatic heterocycles. The van der Waals surface area contributed by atoms with E-state index < -0.39 is 5.54 Å². The molecule has 1 fully saturated rings. The van der Waals surface area contributed by atoms with E-state index in [4.69, 9.17) is 0 Å². The maximum absolute atomic E-state index is 12.8. The van der Waals surface area contributed by atoms with Crippen molar-refractivity contribution in [1.82, 2.24) is 4.90 Å². The molecule has 2 heteroatoms. The Morgan fingerprint density at radius 1 is 1.05 bits per heavy atom. The lowest BCUT2D eigenvalue weighted by Gasteiger charge is -2.39. The fourth-order valence-electron chi connectivity index (χ4n) is 2.86. The van der Waals surface area contributed by atoms with Crippen molar-refractivity contribution >= 4 is 11.4 Å². The van der Waals surface area contributed by atoms with E-state index in [1.54, 1.807) is 0 Å². The number of hydrogen-bond acceptors (Lipinski definition) is 2. The van der Waals surface area contributed by atoms with Gasteiger partial charge < -0.3 is 0 Å². The van der Waals surface area contributed by atoms with Gasteiger partial charge in [-0.15, -0.1) is 0 Å². The summed E-state index contributed by atoms with van der Waals surface area (Å²) in [6.07, 6.45) is 3.69. The summed E-state index contributed by atoms with van der Waals surface area (Å²) in [7, 11) is 0. The summed E-state index contributed by atoms with van der Waals surface area (Å²) >= 11 is 0. The Hall–Kier alpha value is -1.41. The molecule has 0 aromatic heterocycles. The Bertz CT molecular complexity index is 493. The number of benzene rings is 1. The monoisotopic (exact) mass is 271 g/mol. The van der Waals surface area contributed by atoms with Gasteiger partial charge in [-0.3, -0.25) is 9.69 Å². The van der Waals surface area contributed by atoms with Crippen molar-refractivity contribution in [3.63, 3.8) is 0 Å². The van der Waals surface area contributed by atoms with Gasteiger partial charge in [-0.1, -0.05) is 42.8 Å². The van der Waals surface area contributed by atoms with Crippen LogP contribution in [0.1, 0.15) is 56.0 Å². The number of nitrogens with zero attached hydrogens (tertiary/aromatic N) is 1. The molecule has 0 spiro atoms. The lowest BCUT2D eigenvalue weighted by Crippen LogP contribution is -2.52.